The second kappa shape index (κ2) is 6.35. The number of hydrogen-bond donors (Lipinski definition) is 2. The molecule has 0 unspecified atom stereocenters. The van der Waals surface area contributed by atoms with Crippen molar-refractivity contribution in [3.05, 3.63) is 29.8 Å². The fourth-order valence-electron chi connectivity index (χ4n) is 1.25. The summed E-state index contributed by atoms with van der Waals surface area (Å²) in [5.74, 6) is 0. The van der Waals surface area contributed by atoms with E-state index in [1.165, 1.54) is 12.1 Å². The van der Waals surface area contributed by atoms with E-state index in [9.17, 15) is 8.42 Å². The van der Waals surface area contributed by atoms with Crippen molar-refractivity contribution in [1.82, 2.24) is 4.72 Å². The molecule has 92 valence electrons. The number of aliphatic hydroxyl groups excluding tert-OH is 1. The van der Waals surface area contributed by atoms with Gasteiger partial charge >= 0.3 is 0 Å². The normalized spacial score (nSPS) is 11.1. The molecular formula is C11H14N2O3S. The molecule has 0 heterocycles. The van der Waals surface area contributed by atoms with Gasteiger partial charge in [-0.3, -0.25) is 0 Å². The molecule has 0 aliphatic heterocycles. The molecule has 6 heteroatoms. The standard InChI is InChI=1S/C11H14N2O3S/c12-7-6-10-2-4-11(5-3-10)17(15,16)13-8-1-9-14/h2-5,13-14H,1,6,8-9H2. The van der Waals surface area contributed by atoms with Crippen LogP contribution in [0, 0.1) is 11.3 Å². The number of nitrogens with zero attached hydrogens (tertiary/aromatic N) is 1. The van der Waals surface area contributed by atoms with Crippen LogP contribution in [-0.4, -0.2) is 26.7 Å². The van der Waals surface area contributed by atoms with Crippen LogP contribution in [0.2, 0.25) is 0 Å². The highest BCUT2D eigenvalue weighted by atomic mass is 32.2. The maximum atomic E-state index is 11.7. The molecule has 0 spiro atoms. The zero-order chi connectivity index (χ0) is 12.7. The lowest BCUT2D eigenvalue weighted by atomic mass is 10.2. The second-order valence-electron chi connectivity index (χ2n) is 3.45. The van der Waals surface area contributed by atoms with E-state index >= 15 is 0 Å². The third kappa shape index (κ3) is 4.15. The minimum absolute atomic E-state index is 0.0520. The number of aliphatic hydroxyl groups is 1. The molecule has 0 aliphatic carbocycles. The van der Waals surface area contributed by atoms with E-state index in [1.54, 1.807) is 12.1 Å². The summed E-state index contributed by atoms with van der Waals surface area (Å²) >= 11 is 0. The zero-order valence-electron chi connectivity index (χ0n) is 9.26. The van der Waals surface area contributed by atoms with Crippen molar-refractivity contribution in [3.63, 3.8) is 0 Å². The Kier molecular flexibility index (Phi) is 5.10. The lowest BCUT2D eigenvalue weighted by molar-refractivity contribution is 0.289. The first-order valence-corrected chi connectivity index (χ1v) is 6.65. The summed E-state index contributed by atoms with van der Waals surface area (Å²) in [5.41, 5.74) is 0.779. The van der Waals surface area contributed by atoms with Gasteiger partial charge in [-0.25, -0.2) is 13.1 Å². The molecule has 0 bridgehead atoms. The van der Waals surface area contributed by atoms with Gasteiger partial charge in [0.1, 0.15) is 0 Å². The third-order valence-corrected chi connectivity index (χ3v) is 3.62. The van der Waals surface area contributed by atoms with Crippen LogP contribution in [0.25, 0.3) is 0 Å². The third-order valence-electron chi connectivity index (χ3n) is 2.14. The molecule has 17 heavy (non-hydrogen) atoms. The SMILES string of the molecule is N#CCc1ccc(S(=O)(=O)NCCCO)cc1. The van der Waals surface area contributed by atoms with Crippen LogP contribution in [0.5, 0.6) is 0 Å². The van der Waals surface area contributed by atoms with Crippen LogP contribution < -0.4 is 4.72 Å². The Morgan fingerprint density at radius 2 is 1.94 bits per heavy atom. The van der Waals surface area contributed by atoms with Crippen molar-refractivity contribution in [3.8, 4) is 6.07 Å². The maximum Gasteiger partial charge on any atom is 0.240 e. The molecule has 0 fully saturated rings. The number of benzene rings is 1. The van der Waals surface area contributed by atoms with Crippen LogP contribution in [-0.2, 0) is 16.4 Å². The summed E-state index contributed by atoms with van der Waals surface area (Å²) in [5, 5.41) is 17.1. The number of hydrogen-bond acceptors (Lipinski definition) is 4. The van der Waals surface area contributed by atoms with E-state index in [-0.39, 0.29) is 24.5 Å². The zero-order valence-corrected chi connectivity index (χ0v) is 10.1. The van der Waals surface area contributed by atoms with Crippen molar-refractivity contribution >= 4 is 10.0 Å². The van der Waals surface area contributed by atoms with Gasteiger partial charge in [-0.2, -0.15) is 5.26 Å². The molecule has 5 nitrogen and oxygen atoms in total. The minimum atomic E-state index is -3.51. The second-order valence-corrected chi connectivity index (χ2v) is 5.22. The largest absolute Gasteiger partial charge is 0.396 e. The van der Waals surface area contributed by atoms with E-state index in [4.69, 9.17) is 10.4 Å². The smallest absolute Gasteiger partial charge is 0.240 e. The fraction of sp³-hybridized carbons (Fsp3) is 0.364. The molecule has 0 atom stereocenters. The Morgan fingerprint density at radius 3 is 2.47 bits per heavy atom. The molecule has 0 saturated carbocycles. The molecule has 1 aromatic carbocycles. The fourth-order valence-corrected chi connectivity index (χ4v) is 2.32. The van der Waals surface area contributed by atoms with Gasteiger partial charge in [-0.15, -0.1) is 0 Å². The molecule has 2 N–H and O–H groups in total. The van der Waals surface area contributed by atoms with Gasteiger partial charge in [0.05, 0.1) is 17.4 Å². The number of nitrogens with one attached hydrogen (secondary N) is 1. The number of rotatable bonds is 6. The molecule has 1 rings (SSSR count). The average molecular weight is 254 g/mol. The molecule has 0 amide bonds. The number of nitriles is 1. The van der Waals surface area contributed by atoms with Gasteiger partial charge in [0, 0.05) is 13.2 Å². The van der Waals surface area contributed by atoms with Crippen molar-refractivity contribution in [2.24, 2.45) is 0 Å². The van der Waals surface area contributed by atoms with Crippen LogP contribution >= 0.6 is 0 Å². The van der Waals surface area contributed by atoms with Crippen molar-refractivity contribution in [2.75, 3.05) is 13.2 Å². The maximum absolute atomic E-state index is 11.7. The van der Waals surface area contributed by atoms with Crippen molar-refractivity contribution in [2.45, 2.75) is 17.7 Å². The predicted octanol–water partition coefficient (Wildman–Crippen LogP) is 0.413. The van der Waals surface area contributed by atoms with Crippen molar-refractivity contribution < 1.29 is 13.5 Å². The van der Waals surface area contributed by atoms with Gasteiger partial charge in [-0.05, 0) is 24.1 Å². The monoisotopic (exact) mass is 254 g/mol. The minimum Gasteiger partial charge on any atom is -0.396 e. The van der Waals surface area contributed by atoms with Gasteiger partial charge in [0.25, 0.3) is 0 Å². The van der Waals surface area contributed by atoms with E-state index in [2.05, 4.69) is 4.72 Å². The summed E-state index contributed by atoms with van der Waals surface area (Å²) in [6.45, 7) is 0.155. The Hall–Kier alpha value is -1.42. The van der Waals surface area contributed by atoms with Gasteiger partial charge < -0.3 is 5.11 Å². The highest BCUT2D eigenvalue weighted by molar-refractivity contribution is 7.89. The molecule has 0 aromatic heterocycles. The van der Waals surface area contributed by atoms with Crippen LogP contribution in [0.4, 0.5) is 0 Å². The molecule has 0 aliphatic rings. The van der Waals surface area contributed by atoms with Crippen LogP contribution in [0.3, 0.4) is 0 Å². The van der Waals surface area contributed by atoms with E-state index < -0.39 is 10.0 Å². The Bertz CT molecular complexity index is 488. The highest BCUT2D eigenvalue weighted by Crippen LogP contribution is 2.10. The van der Waals surface area contributed by atoms with E-state index in [0.29, 0.717) is 6.42 Å². The number of sulfonamides is 1. The van der Waals surface area contributed by atoms with Crippen molar-refractivity contribution in [1.29, 1.82) is 5.26 Å². The molecular weight excluding hydrogens is 240 g/mol. The summed E-state index contributed by atoms with van der Waals surface area (Å²) in [4.78, 5) is 0.164. The molecule has 0 saturated heterocycles. The topological polar surface area (TPSA) is 90.2 Å². The lowest BCUT2D eigenvalue weighted by Gasteiger charge is -2.06. The summed E-state index contributed by atoms with van der Waals surface area (Å²) < 4.78 is 25.8. The quantitative estimate of drug-likeness (QED) is 0.720. The highest BCUT2D eigenvalue weighted by Gasteiger charge is 2.12. The van der Waals surface area contributed by atoms with E-state index in [1.807, 2.05) is 6.07 Å². The summed E-state index contributed by atoms with van der Waals surface area (Å²) in [6.07, 6.45) is 0.643. The lowest BCUT2D eigenvalue weighted by Crippen LogP contribution is -2.25. The van der Waals surface area contributed by atoms with Gasteiger partial charge in [0.15, 0.2) is 0 Å². The Labute approximate surface area is 101 Å². The first kappa shape index (κ1) is 13.6. The average Bonchev–Trinajstić information content (AvgIpc) is 2.30. The predicted molar refractivity (Wildman–Crippen MR) is 62.7 cm³/mol. The molecule has 0 radical (unpaired) electrons. The van der Waals surface area contributed by atoms with Gasteiger partial charge in [0.2, 0.25) is 10.0 Å². The summed E-state index contributed by atoms with van der Waals surface area (Å²) in [6, 6.07) is 8.15. The first-order valence-electron chi connectivity index (χ1n) is 5.16. The summed E-state index contributed by atoms with van der Waals surface area (Å²) in [7, 11) is -3.51. The van der Waals surface area contributed by atoms with Crippen LogP contribution in [0.1, 0.15) is 12.0 Å². The first-order chi connectivity index (χ1) is 8.10. The van der Waals surface area contributed by atoms with Crippen LogP contribution in [0.15, 0.2) is 29.2 Å². The Balaban J connectivity index is 2.75. The Morgan fingerprint density at radius 1 is 1.29 bits per heavy atom. The van der Waals surface area contributed by atoms with Gasteiger partial charge in [-0.1, -0.05) is 12.1 Å². The van der Waals surface area contributed by atoms with E-state index in [0.717, 1.165) is 5.56 Å². The molecule has 1 aromatic rings.